The van der Waals surface area contributed by atoms with Gasteiger partial charge in [0.25, 0.3) is 5.91 Å². The summed E-state index contributed by atoms with van der Waals surface area (Å²) in [5, 5.41) is 7.57. The first-order chi connectivity index (χ1) is 11.0. The quantitative estimate of drug-likeness (QED) is 0.907. The number of aromatic nitrogens is 2. The van der Waals surface area contributed by atoms with Crippen LogP contribution in [0.15, 0.2) is 18.2 Å². The highest BCUT2D eigenvalue weighted by Gasteiger charge is 2.27. The van der Waals surface area contributed by atoms with Crippen LogP contribution in [0.4, 0.5) is 0 Å². The van der Waals surface area contributed by atoms with E-state index in [1.54, 1.807) is 0 Å². The molecule has 0 saturated carbocycles. The number of nitrogens with one attached hydrogen (secondary N) is 1. The van der Waals surface area contributed by atoms with Crippen molar-refractivity contribution < 1.29 is 4.79 Å². The lowest BCUT2D eigenvalue weighted by Crippen LogP contribution is -2.38. The molecule has 0 aliphatic heterocycles. The lowest BCUT2D eigenvalue weighted by molar-refractivity contribution is 0.0935. The average molecular weight is 312 g/mol. The maximum atomic E-state index is 12.5. The molecule has 5 nitrogen and oxygen atoms in total. The SMILES string of the molecule is Cc1ccc(-n2nc(C(=O)N[C@@H](C)CN)c3c2CCC3)c(C)c1. The molecule has 1 aromatic heterocycles. The Balaban J connectivity index is 2.03. The van der Waals surface area contributed by atoms with Gasteiger partial charge in [-0.25, -0.2) is 4.68 Å². The van der Waals surface area contributed by atoms with Gasteiger partial charge in [-0.15, -0.1) is 0 Å². The summed E-state index contributed by atoms with van der Waals surface area (Å²) in [5.74, 6) is -0.121. The fourth-order valence-electron chi connectivity index (χ4n) is 3.21. The number of aryl methyl sites for hydroxylation is 2. The highest BCUT2D eigenvalue weighted by atomic mass is 16.2. The van der Waals surface area contributed by atoms with Crippen LogP contribution in [-0.4, -0.2) is 28.3 Å². The minimum Gasteiger partial charge on any atom is -0.347 e. The second-order valence-corrected chi connectivity index (χ2v) is 6.44. The summed E-state index contributed by atoms with van der Waals surface area (Å²) in [6.07, 6.45) is 2.96. The Kier molecular flexibility index (Phi) is 4.22. The van der Waals surface area contributed by atoms with Crippen LogP contribution in [0.1, 0.15) is 46.2 Å². The van der Waals surface area contributed by atoms with E-state index in [0.29, 0.717) is 12.2 Å². The zero-order valence-electron chi connectivity index (χ0n) is 14.0. The van der Waals surface area contributed by atoms with Crippen molar-refractivity contribution in [3.05, 3.63) is 46.3 Å². The molecule has 1 amide bonds. The topological polar surface area (TPSA) is 72.9 Å². The van der Waals surface area contributed by atoms with Gasteiger partial charge in [0.2, 0.25) is 0 Å². The van der Waals surface area contributed by atoms with Crippen molar-refractivity contribution in [2.75, 3.05) is 6.54 Å². The molecule has 3 N–H and O–H groups in total. The fraction of sp³-hybridized carbons (Fsp3) is 0.444. The molecule has 0 saturated heterocycles. The Morgan fingerprint density at radius 3 is 2.87 bits per heavy atom. The van der Waals surface area contributed by atoms with Gasteiger partial charge in [0.15, 0.2) is 5.69 Å². The maximum Gasteiger partial charge on any atom is 0.272 e. The molecule has 0 radical (unpaired) electrons. The number of rotatable bonds is 4. The lowest BCUT2D eigenvalue weighted by Gasteiger charge is -2.11. The number of carbonyl (C=O) groups is 1. The normalized spacial score (nSPS) is 14.6. The smallest absolute Gasteiger partial charge is 0.272 e. The molecule has 1 aliphatic rings. The summed E-state index contributed by atoms with van der Waals surface area (Å²) in [6, 6.07) is 6.27. The maximum absolute atomic E-state index is 12.5. The number of fused-ring (bicyclic) bond motifs is 1. The second-order valence-electron chi connectivity index (χ2n) is 6.44. The molecule has 2 aromatic rings. The Morgan fingerprint density at radius 2 is 2.17 bits per heavy atom. The van der Waals surface area contributed by atoms with E-state index in [2.05, 4.69) is 42.5 Å². The van der Waals surface area contributed by atoms with E-state index in [9.17, 15) is 4.79 Å². The van der Waals surface area contributed by atoms with Gasteiger partial charge >= 0.3 is 0 Å². The molecular weight excluding hydrogens is 288 g/mol. The zero-order chi connectivity index (χ0) is 16.6. The minimum absolute atomic E-state index is 0.0502. The molecule has 3 rings (SSSR count). The van der Waals surface area contributed by atoms with E-state index < -0.39 is 0 Å². The van der Waals surface area contributed by atoms with E-state index >= 15 is 0 Å². The van der Waals surface area contributed by atoms with Crippen LogP contribution >= 0.6 is 0 Å². The van der Waals surface area contributed by atoms with E-state index in [1.165, 1.54) is 16.8 Å². The monoisotopic (exact) mass is 312 g/mol. The van der Waals surface area contributed by atoms with Crippen molar-refractivity contribution in [2.45, 2.75) is 46.1 Å². The van der Waals surface area contributed by atoms with E-state index in [4.69, 9.17) is 5.73 Å². The van der Waals surface area contributed by atoms with E-state index in [0.717, 1.165) is 30.5 Å². The molecule has 5 heteroatoms. The third kappa shape index (κ3) is 2.88. The molecule has 1 aromatic carbocycles. The summed E-state index contributed by atoms with van der Waals surface area (Å²) in [7, 11) is 0. The molecule has 0 unspecified atom stereocenters. The van der Waals surface area contributed by atoms with Crippen molar-refractivity contribution in [2.24, 2.45) is 5.73 Å². The Morgan fingerprint density at radius 1 is 1.39 bits per heavy atom. The van der Waals surface area contributed by atoms with Crippen LogP contribution < -0.4 is 11.1 Å². The predicted molar refractivity (Wildman–Crippen MR) is 91.0 cm³/mol. The van der Waals surface area contributed by atoms with Crippen molar-refractivity contribution in [1.29, 1.82) is 0 Å². The van der Waals surface area contributed by atoms with Gasteiger partial charge in [-0.3, -0.25) is 4.79 Å². The summed E-state index contributed by atoms with van der Waals surface area (Å²) in [6.45, 7) is 6.49. The van der Waals surface area contributed by atoms with Crippen LogP contribution in [0.2, 0.25) is 0 Å². The fourth-order valence-corrected chi connectivity index (χ4v) is 3.21. The van der Waals surface area contributed by atoms with Crippen LogP contribution in [0.5, 0.6) is 0 Å². The first-order valence-electron chi connectivity index (χ1n) is 8.20. The van der Waals surface area contributed by atoms with E-state index in [-0.39, 0.29) is 11.9 Å². The first kappa shape index (κ1) is 15.7. The number of nitrogens with zero attached hydrogens (tertiary/aromatic N) is 2. The zero-order valence-corrected chi connectivity index (χ0v) is 14.0. The average Bonchev–Trinajstić information content (AvgIpc) is 3.09. The number of nitrogens with two attached hydrogens (primary N) is 1. The third-order valence-electron chi connectivity index (χ3n) is 4.46. The molecule has 0 bridgehead atoms. The summed E-state index contributed by atoms with van der Waals surface area (Å²) < 4.78 is 1.96. The van der Waals surface area contributed by atoms with Crippen LogP contribution in [0, 0.1) is 13.8 Å². The number of hydrogen-bond acceptors (Lipinski definition) is 3. The van der Waals surface area contributed by atoms with Gasteiger partial charge in [0.1, 0.15) is 0 Å². The van der Waals surface area contributed by atoms with Gasteiger partial charge in [0, 0.05) is 23.8 Å². The molecule has 0 fully saturated rings. The standard InChI is InChI=1S/C18H24N4O/c1-11-7-8-15(12(2)9-11)22-16-6-4-5-14(16)17(21-22)18(23)20-13(3)10-19/h7-9,13H,4-6,10,19H2,1-3H3,(H,20,23)/t13-/m0/s1. The highest BCUT2D eigenvalue weighted by Crippen LogP contribution is 2.29. The summed E-state index contributed by atoms with van der Waals surface area (Å²) in [5.41, 5.74) is 11.9. The largest absolute Gasteiger partial charge is 0.347 e. The van der Waals surface area contributed by atoms with Crippen LogP contribution in [0.3, 0.4) is 0 Å². The number of hydrogen-bond donors (Lipinski definition) is 2. The minimum atomic E-state index is -0.121. The molecule has 23 heavy (non-hydrogen) atoms. The molecule has 122 valence electrons. The Hall–Kier alpha value is -2.14. The van der Waals surface area contributed by atoms with Crippen LogP contribution in [-0.2, 0) is 12.8 Å². The van der Waals surface area contributed by atoms with Crippen molar-refractivity contribution in [3.63, 3.8) is 0 Å². The molecule has 1 heterocycles. The Bertz CT molecular complexity index is 748. The van der Waals surface area contributed by atoms with Crippen molar-refractivity contribution in [3.8, 4) is 5.69 Å². The molecular formula is C18H24N4O. The molecule has 0 spiro atoms. The summed E-state index contributed by atoms with van der Waals surface area (Å²) in [4.78, 5) is 12.5. The van der Waals surface area contributed by atoms with E-state index in [1.807, 2.05) is 11.6 Å². The van der Waals surface area contributed by atoms with Gasteiger partial charge in [-0.2, -0.15) is 5.10 Å². The number of carbonyl (C=O) groups excluding carboxylic acids is 1. The number of amides is 1. The Labute approximate surface area is 136 Å². The number of benzene rings is 1. The first-order valence-corrected chi connectivity index (χ1v) is 8.20. The predicted octanol–water partition coefficient (Wildman–Crippen LogP) is 2.05. The van der Waals surface area contributed by atoms with Gasteiger partial charge < -0.3 is 11.1 Å². The summed E-state index contributed by atoms with van der Waals surface area (Å²) >= 11 is 0. The van der Waals surface area contributed by atoms with Crippen molar-refractivity contribution in [1.82, 2.24) is 15.1 Å². The van der Waals surface area contributed by atoms with Crippen molar-refractivity contribution >= 4 is 5.91 Å². The second kappa shape index (κ2) is 6.16. The lowest BCUT2D eigenvalue weighted by atomic mass is 10.1. The highest BCUT2D eigenvalue weighted by molar-refractivity contribution is 5.94. The molecule has 1 aliphatic carbocycles. The van der Waals surface area contributed by atoms with Gasteiger partial charge in [0.05, 0.1) is 5.69 Å². The third-order valence-corrected chi connectivity index (χ3v) is 4.46. The van der Waals surface area contributed by atoms with Crippen LogP contribution in [0.25, 0.3) is 5.69 Å². The van der Waals surface area contributed by atoms with Gasteiger partial charge in [-0.1, -0.05) is 17.7 Å². The van der Waals surface area contributed by atoms with Gasteiger partial charge in [-0.05, 0) is 51.7 Å². The molecule has 1 atom stereocenters.